The highest BCUT2D eigenvalue weighted by atomic mass is 16.1. The first-order valence-electron chi connectivity index (χ1n) is 6.04. The summed E-state index contributed by atoms with van der Waals surface area (Å²) in [5.74, 6) is 0.830. The van der Waals surface area contributed by atoms with E-state index in [0.29, 0.717) is 11.7 Å². The van der Waals surface area contributed by atoms with Gasteiger partial charge in [-0.1, -0.05) is 6.07 Å². The maximum absolute atomic E-state index is 11.3. The summed E-state index contributed by atoms with van der Waals surface area (Å²) in [6, 6.07) is 6.35. The number of hydrogen-bond acceptors (Lipinski definition) is 3. The van der Waals surface area contributed by atoms with E-state index in [2.05, 4.69) is 16.8 Å². The van der Waals surface area contributed by atoms with Gasteiger partial charge in [0, 0.05) is 18.8 Å². The number of imidazole rings is 1. The van der Waals surface area contributed by atoms with Crippen LogP contribution in [0.25, 0.3) is 5.65 Å². The number of aldehydes is 1. The van der Waals surface area contributed by atoms with Gasteiger partial charge in [-0.2, -0.15) is 0 Å². The normalized spacial score (nSPS) is 15.1. The van der Waals surface area contributed by atoms with Gasteiger partial charge in [-0.15, -0.1) is 0 Å². The van der Waals surface area contributed by atoms with E-state index in [1.807, 2.05) is 28.8 Å². The van der Waals surface area contributed by atoms with Crippen molar-refractivity contribution in [2.45, 2.75) is 25.8 Å². The molecule has 0 aromatic carbocycles. The fourth-order valence-electron chi connectivity index (χ4n) is 2.29. The summed E-state index contributed by atoms with van der Waals surface area (Å²) >= 11 is 0. The van der Waals surface area contributed by atoms with Crippen molar-refractivity contribution in [1.29, 1.82) is 0 Å². The Morgan fingerprint density at radius 2 is 2.35 bits per heavy atom. The predicted molar refractivity (Wildman–Crippen MR) is 66.6 cm³/mol. The number of hydrogen-bond donors (Lipinski definition) is 0. The van der Waals surface area contributed by atoms with Crippen molar-refractivity contribution in [3.8, 4) is 0 Å². The molecule has 88 valence electrons. The lowest BCUT2D eigenvalue weighted by molar-refractivity contribution is 0.111. The molecule has 0 saturated heterocycles. The van der Waals surface area contributed by atoms with Gasteiger partial charge in [-0.05, 0) is 31.9 Å². The topological polar surface area (TPSA) is 37.6 Å². The molecular weight excluding hydrogens is 214 g/mol. The minimum atomic E-state index is 0.573. The summed E-state index contributed by atoms with van der Waals surface area (Å²) in [5, 5.41) is 0. The minimum absolute atomic E-state index is 0.573. The molecule has 17 heavy (non-hydrogen) atoms. The lowest BCUT2D eigenvalue weighted by atomic mass is 10.4. The van der Waals surface area contributed by atoms with E-state index in [0.717, 1.165) is 24.3 Å². The monoisotopic (exact) mass is 229 g/mol. The average Bonchev–Trinajstić information content (AvgIpc) is 3.11. The zero-order valence-electron chi connectivity index (χ0n) is 9.84. The standard InChI is InChI=1S/C13H15N3O/c1-2-15(10-6-7-10)13-11(9-17)16-8-4-3-5-12(16)14-13/h3-5,8-10H,2,6-7H2,1H3. The van der Waals surface area contributed by atoms with Crippen LogP contribution in [0.15, 0.2) is 24.4 Å². The fraction of sp³-hybridized carbons (Fsp3) is 0.385. The van der Waals surface area contributed by atoms with Gasteiger partial charge in [0.1, 0.15) is 11.3 Å². The van der Waals surface area contributed by atoms with Gasteiger partial charge in [-0.25, -0.2) is 4.98 Å². The number of pyridine rings is 1. The maximum atomic E-state index is 11.3. The number of fused-ring (bicyclic) bond motifs is 1. The van der Waals surface area contributed by atoms with Crippen LogP contribution in [0, 0.1) is 0 Å². The van der Waals surface area contributed by atoms with Crippen LogP contribution >= 0.6 is 0 Å². The number of anilines is 1. The Bertz CT molecular complexity index is 557. The van der Waals surface area contributed by atoms with E-state index in [-0.39, 0.29) is 0 Å². The number of carbonyl (C=O) groups is 1. The van der Waals surface area contributed by atoms with Crippen molar-refractivity contribution in [1.82, 2.24) is 9.38 Å². The highest BCUT2D eigenvalue weighted by molar-refractivity contribution is 5.83. The Morgan fingerprint density at radius 3 is 3.00 bits per heavy atom. The second kappa shape index (κ2) is 3.87. The first kappa shape index (κ1) is 10.3. The van der Waals surface area contributed by atoms with Crippen molar-refractivity contribution in [2.24, 2.45) is 0 Å². The van der Waals surface area contributed by atoms with E-state index in [1.54, 1.807) is 0 Å². The first-order chi connectivity index (χ1) is 8.35. The molecule has 0 N–H and O–H groups in total. The maximum Gasteiger partial charge on any atom is 0.170 e. The van der Waals surface area contributed by atoms with Crippen LogP contribution in [0.2, 0.25) is 0 Å². The van der Waals surface area contributed by atoms with Crippen LogP contribution in [0.5, 0.6) is 0 Å². The third kappa shape index (κ3) is 1.60. The summed E-state index contributed by atoms with van der Waals surface area (Å²) in [6.45, 7) is 3.01. The quantitative estimate of drug-likeness (QED) is 0.754. The Balaban J connectivity index is 2.17. The second-order valence-electron chi connectivity index (χ2n) is 4.38. The minimum Gasteiger partial charge on any atom is -0.352 e. The summed E-state index contributed by atoms with van der Waals surface area (Å²) < 4.78 is 1.85. The van der Waals surface area contributed by atoms with Crippen molar-refractivity contribution in [3.05, 3.63) is 30.1 Å². The van der Waals surface area contributed by atoms with Crippen LogP contribution < -0.4 is 4.90 Å². The fourth-order valence-corrected chi connectivity index (χ4v) is 2.29. The number of carbonyl (C=O) groups excluding carboxylic acids is 1. The van der Waals surface area contributed by atoms with Crippen LogP contribution in [0.1, 0.15) is 30.3 Å². The molecule has 0 aliphatic heterocycles. The smallest absolute Gasteiger partial charge is 0.170 e. The number of aromatic nitrogens is 2. The predicted octanol–water partition coefficient (Wildman–Crippen LogP) is 2.14. The highest BCUT2D eigenvalue weighted by Crippen LogP contribution is 2.32. The SMILES string of the molecule is CCN(c1nc2ccccn2c1C=O)C1CC1. The van der Waals surface area contributed by atoms with Crippen molar-refractivity contribution in [3.63, 3.8) is 0 Å². The second-order valence-corrected chi connectivity index (χ2v) is 4.38. The molecule has 0 atom stereocenters. The van der Waals surface area contributed by atoms with Gasteiger partial charge in [-0.3, -0.25) is 9.20 Å². The molecule has 0 bridgehead atoms. The van der Waals surface area contributed by atoms with Crippen molar-refractivity contribution < 1.29 is 4.79 Å². The molecule has 0 spiro atoms. The van der Waals surface area contributed by atoms with Crippen LogP contribution in [-0.4, -0.2) is 28.3 Å². The third-order valence-corrected chi connectivity index (χ3v) is 3.26. The molecule has 1 aliphatic carbocycles. The van der Waals surface area contributed by atoms with E-state index < -0.39 is 0 Å². The Hall–Kier alpha value is -1.84. The molecule has 2 aromatic heterocycles. The molecule has 3 rings (SSSR count). The van der Waals surface area contributed by atoms with Crippen LogP contribution in [0.4, 0.5) is 5.82 Å². The van der Waals surface area contributed by atoms with E-state index in [9.17, 15) is 4.79 Å². The average molecular weight is 229 g/mol. The van der Waals surface area contributed by atoms with Crippen LogP contribution in [-0.2, 0) is 0 Å². The zero-order valence-corrected chi connectivity index (χ0v) is 9.84. The molecule has 2 heterocycles. The Labute approximate surface area is 99.9 Å². The third-order valence-electron chi connectivity index (χ3n) is 3.26. The van der Waals surface area contributed by atoms with Gasteiger partial charge in [0.2, 0.25) is 0 Å². The molecule has 1 fully saturated rings. The molecular formula is C13H15N3O. The molecule has 0 unspecified atom stereocenters. The number of nitrogens with zero attached hydrogens (tertiary/aromatic N) is 3. The van der Waals surface area contributed by atoms with E-state index in [4.69, 9.17) is 0 Å². The van der Waals surface area contributed by atoms with Crippen molar-refractivity contribution in [2.75, 3.05) is 11.4 Å². The van der Waals surface area contributed by atoms with Gasteiger partial charge < -0.3 is 4.90 Å². The molecule has 1 aliphatic rings. The lowest BCUT2D eigenvalue weighted by Crippen LogP contribution is -2.26. The summed E-state index contributed by atoms with van der Waals surface area (Å²) in [4.78, 5) is 18.1. The Kier molecular flexibility index (Phi) is 2.35. The largest absolute Gasteiger partial charge is 0.352 e. The highest BCUT2D eigenvalue weighted by Gasteiger charge is 2.31. The van der Waals surface area contributed by atoms with Gasteiger partial charge in [0.25, 0.3) is 0 Å². The van der Waals surface area contributed by atoms with E-state index >= 15 is 0 Å². The molecule has 0 amide bonds. The van der Waals surface area contributed by atoms with Gasteiger partial charge in [0.15, 0.2) is 12.1 Å². The molecule has 0 radical (unpaired) electrons. The summed E-state index contributed by atoms with van der Waals surface area (Å²) in [7, 11) is 0. The van der Waals surface area contributed by atoms with Crippen molar-refractivity contribution >= 4 is 17.8 Å². The van der Waals surface area contributed by atoms with Gasteiger partial charge in [0.05, 0.1) is 0 Å². The van der Waals surface area contributed by atoms with Gasteiger partial charge >= 0.3 is 0 Å². The lowest BCUT2D eigenvalue weighted by Gasteiger charge is -2.20. The molecule has 4 heteroatoms. The summed E-state index contributed by atoms with van der Waals surface area (Å²) in [6.07, 6.45) is 5.21. The number of rotatable bonds is 4. The summed E-state index contributed by atoms with van der Waals surface area (Å²) in [5.41, 5.74) is 1.50. The molecule has 1 saturated carbocycles. The zero-order chi connectivity index (χ0) is 11.8. The van der Waals surface area contributed by atoms with E-state index in [1.165, 1.54) is 12.8 Å². The molecule has 4 nitrogen and oxygen atoms in total. The Morgan fingerprint density at radius 1 is 1.53 bits per heavy atom. The first-order valence-corrected chi connectivity index (χ1v) is 6.04. The van der Waals surface area contributed by atoms with Crippen LogP contribution in [0.3, 0.4) is 0 Å². The molecule has 2 aromatic rings.